The lowest BCUT2D eigenvalue weighted by Gasteiger charge is -2.28. The molecule has 0 saturated heterocycles. The van der Waals surface area contributed by atoms with Gasteiger partial charge in [-0.1, -0.05) is 24.3 Å². The van der Waals surface area contributed by atoms with Crippen molar-refractivity contribution in [1.82, 2.24) is 0 Å². The van der Waals surface area contributed by atoms with Gasteiger partial charge in [-0.3, -0.25) is 0 Å². The fraction of sp³-hybridized carbons (Fsp3) is 0.294. The van der Waals surface area contributed by atoms with Crippen molar-refractivity contribution >= 4 is 5.69 Å². The number of nitrogens with two attached hydrogens (primary N) is 1. The highest BCUT2D eigenvalue weighted by molar-refractivity contribution is 5.66. The van der Waals surface area contributed by atoms with Crippen LogP contribution in [0.25, 0.3) is 0 Å². The Kier molecular flexibility index (Phi) is 2.03. The number of aryl methyl sites for hydroxylation is 2. The number of phenols is 1. The van der Waals surface area contributed by atoms with Crippen molar-refractivity contribution in [1.29, 1.82) is 0 Å². The first kappa shape index (κ1) is 10.9. The molecule has 0 aromatic heterocycles. The highest BCUT2D eigenvalue weighted by Crippen LogP contribution is 2.56. The Hall–Kier alpha value is -1.96. The molecule has 2 aromatic carbocycles. The number of fused-ring (bicyclic) bond motifs is 4. The zero-order valence-electron chi connectivity index (χ0n) is 10.8. The van der Waals surface area contributed by atoms with Gasteiger partial charge < -0.3 is 10.8 Å². The first-order chi connectivity index (χ1) is 9.22. The topological polar surface area (TPSA) is 46.2 Å². The SMILES string of the molecule is Nc1cccc2c1C1(CC2)CCc2cccc(O)c21. The predicted molar refractivity (Wildman–Crippen MR) is 76.4 cm³/mol. The van der Waals surface area contributed by atoms with Gasteiger partial charge in [0, 0.05) is 16.7 Å². The third-order valence-electron chi connectivity index (χ3n) is 4.91. The number of rotatable bonds is 0. The van der Waals surface area contributed by atoms with E-state index in [9.17, 15) is 5.11 Å². The van der Waals surface area contributed by atoms with Crippen LogP contribution in [-0.2, 0) is 18.3 Å². The van der Waals surface area contributed by atoms with Crippen LogP contribution in [0.15, 0.2) is 36.4 Å². The molecule has 0 amide bonds. The number of anilines is 1. The zero-order chi connectivity index (χ0) is 13.0. The summed E-state index contributed by atoms with van der Waals surface area (Å²) in [6, 6.07) is 12.1. The van der Waals surface area contributed by atoms with Crippen molar-refractivity contribution in [2.75, 3.05) is 5.73 Å². The second-order valence-corrected chi connectivity index (χ2v) is 5.77. The molecule has 4 rings (SSSR count). The monoisotopic (exact) mass is 251 g/mol. The van der Waals surface area contributed by atoms with Gasteiger partial charge in [0.25, 0.3) is 0 Å². The molecule has 1 unspecified atom stereocenters. The van der Waals surface area contributed by atoms with Gasteiger partial charge in [0.15, 0.2) is 0 Å². The molecule has 0 saturated carbocycles. The van der Waals surface area contributed by atoms with E-state index in [-0.39, 0.29) is 5.41 Å². The number of phenolic OH excluding ortho intramolecular Hbond substituents is 1. The van der Waals surface area contributed by atoms with Crippen LogP contribution in [0.5, 0.6) is 5.75 Å². The fourth-order valence-corrected chi connectivity index (χ4v) is 4.21. The Morgan fingerprint density at radius 1 is 0.895 bits per heavy atom. The molecule has 2 nitrogen and oxygen atoms in total. The van der Waals surface area contributed by atoms with Gasteiger partial charge in [0.2, 0.25) is 0 Å². The smallest absolute Gasteiger partial charge is 0.119 e. The summed E-state index contributed by atoms with van der Waals surface area (Å²) in [5.41, 5.74) is 12.1. The molecule has 0 heterocycles. The van der Waals surface area contributed by atoms with Crippen LogP contribution in [0, 0.1) is 0 Å². The van der Waals surface area contributed by atoms with Gasteiger partial charge in [0.1, 0.15) is 5.75 Å². The summed E-state index contributed by atoms with van der Waals surface area (Å²) in [4.78, 5) is 0. The third-order valence-corrected chi connectivity index (χ3v) is 4.91. The summed E-state index contributed by atoms with van der Waals surface area (Å²) < 4.78 is 0. The van der Waals surface area contributed by atoms with Crippen molar-refractivity contribution in [2.45, 2.75) is 31.1 Å². The lowest BCUT2D eigenvalue weighted by atomic mass is 9.75. The molecule has 1 spiro atoms. The number of benzene rings is 2. The predicted octanol–water partition coefficient (Wildman–Crippen LogP) is 3.15. The Labute approximate surface area is 112 Å². The van der Waals surface area contributed by atoms with E-state index in [1.807, 2.05) is 24.3 Å². The van der Waals surface area contributed by atoms with E-state index in [1.165, 1.54) is 16.7 Å². The molecule has 96 valence electrons. The maximum Gasteiger partial charge on any atom is 0.119 e. The average molecular weight is 251 g/mol. The molecule has 2 aliphatic rings. The van der Waals surface area contributed by atoms with Crippen LogP contribution in [-0.4, -0.2) is 5.11 Å². The Morgan fingerprint density at radius 3 is 2.26 bits per heavy atom. The molecule has 3 N–H and O–H groups in total. The molecule has 0 fully saturated rings. The number of hydrogen-bond donors (Lipinski definition) is 2. The van der Waals surface area contributed by atoms with E-state index < -0.39 is 0 Å². The Balaban J connectivity index is 2.03. The minimum absolute atomic E-state index is 0.0403. The fourth-order valence-electron chi connectivity index (χ4n) is 4.21. The second kappa shape index (κ2) is 3.53. The van der Waals surface area contributed by atoms with Crippen LogP contribution in [0.1, 0.15) is 35.1 Å². The molecule has 2 aromatic rings. The maximum atomic E-state index is 10.3. The van der Waals surface area contributed by atoms with Crippen molar-refractivity contribution in [3.63, 3.8) is 0 Å². The van der Waals surface area contributed by atoms with Gasteiger partial charge in [-0.15, -0.1) is 0 Å². The molecule has 0 radical (unpaired) electrons. The van der Waals surface area contributed by atoms with Gasteiger partial charge in [-0.2, -0.15) is 0 Å². The van der Waals surface area contributed by atoms with Gasteiger partial charge in [-0.05, 0) is 54.5 Å². The Bertz CT molecular complexity index is 615. The molecule has 2 heteroatoms. The van der Waals surface area contributed by atoms with E-state index >= 15 is 0 Å². The van der Waals surface area contributed by atoms with Crippen molar-refractivity contribution < 1.29 is 5.11 Å². The van der Waals surface area contributed by atoms with Crippen LogP contribution >= 0.6 is 0 Å². The molecule has 19 heavy (non-hydrogen) atoms. The largest absolute Gasteiger partial charge is 0.508 e. The number of aromatic hydroxyl groups is 1. The van der Waals surface area contributed by atoms with Crippen molar-refractivity contribution in [2.24, 2.45) is 0 Å². The summed E-state index contributed by atoms with van der Waals surface area (Å²) in [5.74, 6) is 0.436. The quantitative estimate of drug-likeness (QED) is 0.706. The highest BCUT2D eigenvalue weighted by atomic mass is 16.3. The minimum atomic E-state index is -0.0403. The molecule has 0 aliphatic heterocycles. The lowest BCUT2D eigenvalue weighted by molar-refractivity contribution is 0.437. The van der Waals surface area contributed by atoms with E-state index in [0.717, 1.165) is 36.9 Å². The van der Waals surface area contributed by atoms with Crippen LogP contribution in [0.4, 0.5) is 5.69 Å². The summed E-state index contributed by atoms with van der Waals surface area (Å²) in [5, 5.41) is 10.3. The number of hydrogen-bond acceptors (Lipinski definition) is 2. The lowest BCUT2D eigenvalue weighted by Crippen LogP contribution is -2.22. The van der Waals surface area contributed by atoms with Gasteiger partial charge in [0.05, 0.1) is 0 Å². The summed E-state index contributed by atoms with van der Waals surface area (Å²) >= 11 is 0. The molecule has 0 bridgehead atoms. The molecular weight excluding hydrogens is 234 g/mol. The van der Waals surface area contributed by atoms with E-state index in [4.69, 9.17) is 5.73 Å². The third kappa shape index (κ3) is 1.26. The summed E-state index contributed by atoms with van der Waals surface area (Å²) in [6.07, 6.45) is 4.24. The second-order valence-electron chi connectivity index (χ2n) is 5.77. The standard InChI is InChI=1S/C17H17NO/c18-13-5-1-3-11-7-9-17(15(11)13)10-8-12-4-2-6-14(19)16(12)17/h1-6,19H,7-10,18H2. The summed E-state index contributed by atoms with van der Waals surface area (Å²) in [7, 11) is 0. The normalized spacial score (nSPS) is 23.6. The molecule has 2 aliphatic carbocycles. The van der Waals surface area contributed by atoms with Crippen LogP contribution in [0.3, 0.4) is 0 Å². The first-order valence-corrected chi connectivity index (χ1v) is 6.91. The first-order valence-electron chi connectivity index (χ1n) is 6.91. The van der Waals surface area contributed by atoms with Crippen molar-refractivity contribution in [3.8, 4) is 5.75 Å². The van der Waals surface area contributed by atoms with Crippen molar-refractivity contribution in [3.05, 3.63) is 58.7 Å². The maximum absolute atomic E-state index is 10.3. The van der Waals surface area contributed by atoms with Gasteiger partial charge in [-0.25, -0.2) is 0 Å². The summed E-state index contributed by atoms with van der Waals surface area (Å²) in [6.45, 7) is 0. The molecular formula is C17H17NO. The van der Waals surface area contributed by atoms with Gasteiger partial charge >= 0.3 is 0 Å². The number of nitrogen functional groups attached to an aromatic ring is 1. The van der Waals surface area contributed by atoms with Crippen LogP contribution in [0.2, 0.25) is 0 Å². The van der Waals surface area contributed by atoms with E-state index in [1.54, 1.807) is 0 Å². The molecule has 1 atom stereocenters. The average Bonchev–Trinajstić information content (AvgIpc) is 2.96. The minimum Gasteiger partial charge on any atom is -0.508 e. The van der Waals surface area contributed by atoms with E-state index in [2.05, 4.69) is 12.1 Å². The van der Waals surface area contributed by atoms with Crippen LogP contribution < -0.4 is 5.73 Å². The zero-order valence-corrected chi connectivity index (χ0v) is 10.8. The Morgan fingerprint density at radius 2 is 1.53 bits per heavy atom. The van der Waals surface area contributed by atoms with E-state index in [0.29, 0.717) is 5.75 Å². The highest BCUT2D eigenvalue weighted by Gasteiger charge is 2.47.